The highest BCUT2D eigenvalue weighted by molar-refractivity contribution is 6.33. The summed E-state index contributed by atoms with van der Waals surface area (Å²) in [4.78, 5) is 22.9. The van der Waals surface area contributed by atoms with Crippen LogP contribution in [0.5, 0.6) is 5.75 Å². The first-order valence-corrected chi connectivity index (χ1v) is 9.29. The average Bonchev–Trinajstić information content (AvgIpc) is 2.75. The minimum Gasteiger partial charge on any atom is -0.489 e. The Bertz CT molecular complexity index is 1070. The topological polar surface area (TPSA) is 100 Å². The van der Waals surface area contributed by atoms with Crippen molar-refractivity contribution in [2.24, 2.45) is 5.10 Å². The van der Waals surface area contributed by atoms with Crippen LogP contribution in [0.4, 0.5) is 10.5 Å². The lowest BCUT2D eigenvalue weighted by Gasteiger charge is -2.07. The summed E-state index contributed by atoms with van der Waals surface area (Å²) in [5.74, 6) is -0.355. The third-order valence-electron chi connectivity index (χ3n) is 3.96. The summed E-state index contributed by atoms with van der Waals surface area (Å²) in [5.41, 5.74) is 4.58. The fourth-order valence-electron chi connectivity index (χ4n) is 2.49. The number of anilines is 1. The number of benzene rings is 3. The molecule has 0 fully saturated rings. The molecule has 8 heteroatoms. The molecule has 0 aliphatic rings. The number of nitrogens with one attached hydrogen (secondary N) is 2. The zero-order valence-electron chi connectivity index (χ0n) is 15.7. The number of carboxylic acid groups (broad SMARTS) is 1. The predicted molar refractivity (Wildman–Crippen MR) is 115 cm³/mol. The van der Waals surface area contributed by atoms with E-state index >= 15 is 0 Å². The molecule has 0 heterocycles. The number of carbonyl (C=O) groups excluding carboxylic acids is 1. The highest BCUT2D eigenvalue weighted by Crippen LogP contribution is 2.20. The van der Waals surface area contributed by atoms with Crippen molar-refractivity contribution >= 4 is 35.5 Å². The van der Waals surface area contributed by atoms with Crippen molar-refractivity contribution < 1.29 is 19.4 Å². The van der Waals surface area contributed by atoms with Gasteiger partial charge in [0.15, 0.2) is 0 Å². The average molecular weight is 424 g/mol. The van der Waals surface area contributed by atoms with Crippen LogP contribution in [0.15, 0.2) is 77.9 Å². The van der Waals surface area contributed by atoms with Crippen molar-refractivity contribution in [1.29, 1.82) is 0 Å². The second-order valence-electron chi connectivity index (χ2n) is 6.17. The highest BCUT2D eigenvalue weighted by atomic mass is 35.5. The number of hydrogen-bond donors (Lipinski definition) is 3. The van der Waals surface area contributed by atoms with E-state index in [0.29, 0.717) is 16.5 Å². The maximum atomic E-state index is 11.8. The predicted octanol–water partition coefficient (Wildman–Crippen LogP) is 4.77. The van der Waals surface area contributed by atoms with Crippen LogP contribution < -0.4 is 15.5 Å². The Morgan fingerprint density at radius 1 is 1.03 bits per heavy atom. The van der Waals surface area contributed by atoms with Gasteiger partial charge in [0.05, 0.1) is 22.5 Å². The van der Waals surface area contributed by atoms with Crippen LogP contribution >= 0.6 is 11.6 Å². The Kier molecular flexibility index (Phi) is 7.02. The van der Waals surface area contributed by atoms with Gasteiger partial charge in [-0.05, 0) is 59.7 Å². The minimum atomic E-state index is -0.977. The smallest absolute Gasteiger partial charge is 0.339 e. The summed E-state index contributed by atoms with van der Waals surface area (Å²) in [5, 5.41) is 15.9. The van der Waals surface area contributed by atoms with Crippen LogP contribution in [0.25, 0.3) is 0 Å². The van der Waals surface area contributed by atoms with Gasteiger partial charge in [-0.3, -0.25) is 0 Å². The second-order valence-corrected chi connectivity index (χ2v) is 6.57. The molecule has 0 saturated carbocycles. The Morgan fingerprint density at radius 2 is 1.80 bits per heavy atom. The number of aromatic carboxylic acids is 1. The number of carboxylic acids is 1. The third kappa shape index (κ3) is 6.08. The molecule has 0 aliphatic carbocycles. The number of amides is 2. The maximum Gasteiger partial charge on any atom is 0.339 e. The monoisotopic (exact) mass is 423 g/mol. The number of hydrogen-bond acceptors (Lipinski definition) is 4. The molecule has 0 spiro atoms. The number of para-hydroxylation sites is 1. The largest absolute Gasteiger partial charge is 0.489 e. The van der Waals surface area contributed by atoms with E-state index in [1.807, 2.05) is 0 Å². The fourth-order valence-corrected chi connectivity index (χ4v) is 2.67. The zero-order valence-corrected chi connectivity index (χ0v) is 16.5. The van der Waals surface area contributed by atoms with Crippen LogP contribution in [-0.4, -0.2) is 23.3 Å². The molecule has 3 rings (SSSR count). The van der Waals surface area contributed by atoms with Crippen molar-refractivity contribution in [2.75, 3.05) is 5.32 Å². The normalized spacial score (nSPS) is 10.6. The van der Waals surface area contributed by atoms with Gasteiger partial charge in [0, 0.05) is 0 Å². The molecule has 3 aromatic carbocycles. The standard InChI is InChI=1S/C22H18ClN3O4/c23-19-6-1-2-7-20(19)25-22(29)26-24-13-15-8-10-18(11-9-15)30-14-16-4-3-5-17(12-16)21(27)28/h1-13H,14H2,(H,27,28)(H2,25,26,29)/b24-13+. The van der Waals surface area contributed by atoms with E-state index < -0.39 is 12.0 Å². The molecule has 0 aromatic heterocycles. The Hall–Kier alpha value is -3.84. The summed E-state index contributed by atoms with van der Waals surface area (Å²) >= 11 is 5.98. The first-order chi connectivity index (χ1) is 14.5. The van der Waals surface area contributed by atoms with Gasteiger partial charge in [-0.1, -0.05) is 35.9 Å². The zero-order chi connectivity index (χ0) is 21.3. The molecule has 2 amide bonds. The number of ether oxygens (including phenoxy) is 1. The van der Waals surface area contributed by atoms with E-state index in [9.17, 15) is 9.59 Å². The number of rotatable bonds is 7. The lowest BCUT2D eigenvalue weighted by Crippen LogP contribution is -2.24. The van der Waals surface area contributed by atoms with Gasteiger partial charge >= 0.3 is 12.0 Å². The van der Waals surface area contributed by atoms with Gasteiger partial charge in [-0.25, -0.2) is 15.0 Å². The molecule has 7 nitrogen and oxygen atoms in total. The van der Waals surface area contributed by atoms with Gasteiger partial charge in [0.25, 0.3) is 0 Å². The molecular weight excluding hydrogens is 406 g/mol. The van der Waals surface area contributed by atoms with E-state index in [4.69, 9.17) is 21.4 Å². The van der Waals surface area contributed by atoms with Gasteiger partial charge < -0.3 is 15.2 Å². The molecule has 3 N–H and O–H groups in total. The van der Waals surface area contributed by atoms with Crippen molar-refractivity contribution in [1.82, 2.24) is 5.43 Å². The van der Waals surface area contributed by atoms with Crippen LogP contribution in [-0.2, 0) is 6.61 Å². The first-order valence-electron chi connectivity index (χ1n) is 8.91. The Balaban J connectivity index is 1.49. The summed E-state index contributed by atoms with van der Waals surface area (Å²) in [6, 6.07) is 20.0. The number of halogens is 1. The third-order valence-corrected chi connectivity index (χ3v) is 4.29. The van der Waals surface area contributed by atoms with Crippen molar-refractivity contribution in [3.05, 3.63) is 94.5 Å². The molecule has 0 bridgehead atoms. The summed E-state index contributed by atoms with van der Waals surface area (Å²) in [7, 11) is 0. The van der Waals surface area contributed by atoms with Crippen LogP contribution in [0.1, 0.15) is 21.5 Å². The number of hydrazone groups is 1. The highest BCUT2D eigenvalue weighted by Gasteiger charge is 2.04. The van der Waals surface area contributed by atoms with Gasteiger partial charge in [-0.2, -0.15) is 5.10 Å². The van der Waals surface area contributed by atoms with E-state index in [1.54, 1.807) is 66.7 Å². The first kappa shape index (κ1) is 20.9. The van der Waals surface area contributed by atoms with E-state index in [2.05, 4.69) is 15.8 Å². The quantitative estimate of drug-likeness (QED) is 0.376. The van der Waals surface area contributed by atoms with Gasteiger partial charge in [0.1, 0.15) is 12.4 Å². The second kappa shape index (κ2) is 10.1. The van der Waals surface area contributed by atoms with E-state index in [0.717, 1.165) is 11.1 Å². The molecule has 0 saturated heterocycles. The van der Waals surface area contributed by atoms with Crippen molar-refractivity contribution in [2.45, 2.75) is 6.61 Å². The molecule has 0 aliphatic heterocycles. The van der Waals surface area contributed by atoms with Gasteiger partial charge in [0.2, 0.25) is 0 Å². The van der Waals surface area contributed by atoms with Crippen LogP contribution in [0.2, 0.25) is 5.02 Å². The fraction of sp³-hybridized carbons (Fsp3) is 0.0455. The Morgan fingerprint density at radius 3 is 2.53 bits per heavy atom. The molecule has 30 heavy (non-hydrogen) atoms. The Labute approximate surface area is 178 Å². The van der Waals surface area contributed by atoms with Crippen molar-refractivity contribution in [3.8, 4) is 5.75 Å². The number of urea groups is 1. The molecule has 0 unspecified atom stereocenters. The van der Waals surface area contributed by atoms with E-state index in [-0.39, 0.29) is 12.2 Å². The summed E-state index contributed by atoms with van der Waals surface area (Å²) in [6.07, 6.45) is 1.49. The van der Waals surface area contributed by atoms with Crippen molar-refractivity contribution in [3.63, 3.8) is 0 Å². The molecule has 3 aromatic rings. The number of nitrogens with zero attached hydrogens (tertiary/aromatic N) is 1. The van der Waals surface area contributed by atoms with E-state index in [1.165, 1.54) is 12.3 Å². The molecule has 0 radical (unpaired) electrons. The minimum absolute atomic E-state index is 0.216. The SMILES string of the molecule is O=C(N/N=C/c1ccc(OCc2cccc(C(=O)O)c2)cc1)Nc1ccccc1Cl. The summed E-state index contributed by atoms with van der Waals surface area (Å²) < 4.78 is 5.67. The maximum absolute atomic E-state index is 11.8. The summed E-state index contributed by atoms with van der Waals surface area (Å²) in [6.45, 7) is 0.248. The lowest BCUT2D eigenvalue weighted by atomic mass is 10.1. The molecule has 152 valence electrons. The molecule has 0 atom stereocenters. The van der Waals surface area contributed by atoms with Crippen LogP contribution in [0.3, 0.4) is 0 Å². The van der Waals surface area contributed by atoms with Gasteiger partial charge in [-0.15, -0.1) is 0 Å². The number of carbonyl (C=O) groups is 2. The van der Waals surface area contributed by atoms with Crippen LogP contribution in [0, 0.1) is 0 Å². The lowest BCUT2D eigenvalue weighted by molar-refractivity contribution is 0.0696. The molecular formula is C22H18ClN3O4.